The Labute approximate surface area is 196 Å². The lowest BCUT2D eigenvalue weighted by Crippen LogP contribution is -2.51. The first-order valence-corrected chi connectivity index (χ1v) is 12.3. The molecule has 2 aliphatic carbocycles. The molecule has 0 unspecified atom stereocenters. The Morgan fingerprint density at radius 3 is 2.58 bits per heavy atom. The summed E-state index contributed by atoms with van der Waals surface area (Å²) in [5.41, 5.74) is 4.15. The fraction of sp³-hybridized carbons (Fsp3) is 0.577. The second-order valence-corrected chi connectivity index (χ2v) is 10.0. The van der Waals surface area contributed by atoms with E-state index in [1.165, 1.54) is 18.4 Å². The van der Waals surface area contributed by atoms with Crippen LogP contribution in [0.25, 0.3) is 0 Å². The van der Waals surface area contributed by atoms with Crippen LogP contribution in [0.5, 0.6) is 0 Å². The van der Waals surface area contributed by atoms with Crippen molar-refractivity contribution in [1.29, 1.82) is 0 Å². The number of fused-ring (bicyclic) bond motifs is 1. The molecular formula is C26H35N5O2. The predicted octanol–water partition coefficient (Wildman–Crippen LogP) is 2.76. The number of aromatic nitrogens is 2. The fourth-order valence-corrected chi connectivity index (χ4v) is 5.21. The van der Waals surface area contributed by atoms with E-state index >= 15 is 0 Å². The number of carbonyl (C=O) groups is 1. The van der Waals surface area contributed by atoms with E-state index in [0.29, 0.717) is 26.1 Å². The average molecular weight is 450 g/mol. The van der Waals surface area contributed by atoms with Gasteiger partial charge >= 0.3 is 0 Å². The molecule has 2 N–H and O–H groups in total. The standard InChI is InChI=1S/C26H35N5O2/c1-17-3-7-20(8-4-17)21(15-27-14-19-5-6-19)26(33)31-11-9-30(10-12-31)25-23-18(2)13-22(32)24(23)28-16-29-25/h3-4,7-8,16,18-19,21-22,27,32H,5-6,9-15H2,1-2H3/t18-,21-,22-/m1/s1. The normalized spacial score (nSPS) is 23.5. The van der Waals surface area contributed by atoms with Gasteiger partial charge in [0.25, 0.3) is 0 Å². The summed E-state index contributed by atoms with van der Waals surface area (Å²) < 4.78 is 0. The number of aliphatic hydroxyl groups is 1. The predicted molar refractivity (Wildman–Crippen MR) is 128 cm³/mol. The second kappa shape index (κ2) is 9.39. The summed E-state index contributed by atoms with van der Waals surface area (Å²) in [5, 5.41) is 13.9. The molecule has 0 bridgehead atoms. The summed E-state index contributed by atoms with van der Waals surface area (Å²) in [7, 11) is 0. The van der Waals surface area contributed by atoms with Gasteiger partial charge in [-0.2, -0.15) is 0 Å². The molecule has 1 aromatic heterocycles. The van der Waals surface area contributed by atoms with E-state index in [9.17, 15) is 9.90 Å². The number of hydrogen-bond donors (Lipinski definition) is 2. The van der Waals surface area contributed by atoms with Crippen LogP contribution in [0.2, 0.25) is 0 Å². The van der Waals surface area contributed by atoms with Crippen LogP contribution < -0.4 is 10.2 Å². The first-order chi connectivity index (χ1) is 16.0. The molecule has 0 radical (unpaired) electrons. The molecule has 2 heterocycles. The number of amides is 1. The van der Waals surface area contributed by atoms with Gasteiger partial charge in [-0.15, -0.1) is 0 Å². The van der Waals surface area contributed by atoms with E-state index in [1.54, 1.807) is 6.33 Å². The van der Waals surface area contributed by atoms with Crippen molar-refractivity contribution in [3.05, 3.63) is 53.0 Å². The van der Waals surface area contributed by atoms with Gasteiger partial charge < -0.3 is 20.2 Å². The summed E-state index contributed by atoms with van der Waals surface area (Å²) >= 11 is 0. The summed E-state index contributed by atoms with van der Waals surface area (Å²) in [6.45, 7) is 8.75. The maximum atomic E-state index is 13.6. The number of aryl methyl sites for hydroxylation is 1. The van der Waals surface area contributed by atoms with Crippen molar-refractivity contribution in [2.24, 2.45) is 5.92 Å². The maximum Gasteiger partial charge on any atom is 0.231 e. The van der Waals surface area contributed by atoms with Gasteiger partial charge in [-0.1, -0.05) is 36.8 Å². The van der Waals surface area contributed by atoms with Gasteiger partial charge in [0.05, 0.1) is 17.7 Å². The largest absolute Gasteiger partial charge is 0.387 e. The van der Waals surface area contributed by atoms with Crippen molar-refractivity contribution in [2.45, 2.75) is 51.0 Å². The van der Waals surface area contributed by atoms with Crippen molar-refractivity contribution in [2.75, 3.05) is 44.2 Å². The van der Waals surface area contributed by atoms with Crippen molar-refractivity contribution in [3.8, 4) is 0 Å². The average Bonchev–Trinajstić information content (AvgIpc) is 3.61. The number of rotatable bonds is 7. The van der Waals surface area contributed by atoms with Gasteiger partial charge in [0, 0.05) is 38.3 Å². The number of aliphatic hydroxyl groups excluding tert-OH is 1. The zero-order chi connectivity index (χ0) is 22.9. The van der Waals surface area contributed by atoms with Crippen LogP contribution in [-0.4, -0.2) is 65.2 Å². The first kappa shape index (κ1) is 22.3. The van der Waals surface area contributed by atoms with Crippen molar-refractivity contribution >= 4 is 11.7 Å². The Morgan fingerprint density at radius 2 is 1.88 bits per heavy atom. The van der Waals surface area contributed by atoms with Crippen molar-refractivity contribution < 1.29 is 9.90 Å². The molecule has 7 heteroatoms. The first-order valence-electron chi connectivity index (χ1n) is 12.3. The second-order valence-electron chi connectivity index (χ2n) is 10.0. The molecule has 1 amide bonds. The topological polar surface area (TPSA) is 81.6 Å². The molecule has 1 aromatic carbocycles. The molecule has 5 rings (SSSR count). The molecule has 1 saturated carbocycles. The highest BCUT2D eigenvalue weighted by Crippen LogP contribution is 2.42. The zero-order valence-corrected chi connectivity index (χ0v) is 19.7. The highest BCUT2D eigenvalue weighted by molar-refractivity contribution is 5.84. The van der Waals surface area contributed by atoms with Crippen LogP contribution in [-0.2, 0) is 4.79 Å². The molecule has 176 valence electrons. The number of hydrogen-bond acceptors (Lipinski definition) is 6. The third-order valence-electron chi connectivity index (χ3n) is 7.43. The molecule has 2 fully saturated rings. The van der Waals surface area contributed by atoms with Gasteiger partial charge in [0.2, 0.25) is 5.91 Å². The van der Waals surface area contributed by atoms with E-state index in [-0.39, 0.29) is 17.7 Å². The van der Waals surface area contributed by atoms with Crippen LogP contribution in [0.1, 0.15) is 66.5 Å². The van der Waals surface area contributed by atoms with E-state index < -0.39 is 6.10 Å². The minimum absolute atomic E-state index is 0.158. The summed E-state index contributed by atoms with van der Waals surface area (Å²) in [4.78, 5) is 26.8. The molecule has 1 saturated heterocycles. The van der Waals surface area contributed by atoms with Crippen molar-refractivity contribution in [1.82, 2.24) is 20.2 Å². The molecule has 3 aliphatic rings. The van der Waals surface area contributed by atoms with Crippen LogP contribution in [0.4, 0.5) is 5.82 Å². The van der Waals surface area contributed by atoms with Crippen molar-refractivity contribution in [3.63, 3.8) is 0 Å². The van der Waals surface area contributed by atoms with Gasteiger partial charge in [0.15, 0.2) is 0 Å². The smallest absolute Gasteiger partial charge is 0.231 e. The zero-order valence-electron chi connectivity index (χ0n) is 19.7. The summed E-state index contributed by atoms with van der Waals surface area (Å²) in [6, 6.07) is 8.40. The minimum Gasteiger partial charge on any atom is -0.387 e. The minimum atomic E-state index is -0.502. The molecule has 7 nitrogen and oxygen atoms in total. The van der Waals surface area contributed by atoms with Crippen LogP contribution >= 0.6 is 0 Å². The Kier molecular flexibility index (Phi) is 6.34. The number of nitrogens with zero attached hydrogens (tertiary/aromatic N) is 4. The highest BCUT2D eigenvalue weighted by atomic mass is 16.3. The molecule has 33 heavy (non-hydrogen) atoms. The monoisotopic (exact) mass is 449 g/mol. The lowest BCUT2D eigenvalue weighted by atomic mass is 9.96. The maximum absolute atomic E-state index is 13.6. The Hall–Kier alpha value is -2.51. The van der Waals surface area contributed by atoms with Gasteiger partial charge in [-0.05, 0) is 50.1 Å². The van der Waals surface area contributed by atoms with Gasteiger partial charge in [-0.25, -0.2) is 9.97 Å². The van der Waals surface area contributed by atoms with E-state index in [2.05, 4.69) is 58.3 Å². The van der Waals surface area contributed by atoms with E-state index in [0.717, 1.165) is 48.2 Å². The lowest BCUT2D eigenvalue weighted by molar-refractivity contribution is -0.133. The third kappa shape index (κ3) is 4.75. The number of carbonyl (C=O) groups excluding carboxylic acids is 1. The highest BCUT2D eigenvalue weighted by Gasteiger charge is 2.35. The Morgan fingerprint density at radius 1 is 1.15 bits per heavy atom. The van der Waals surface area contributed by atoms with E-state index in [1.807, 2.05) is 4.90 Å². The lowest BCUT2D eigenvalue weighted by Gasteiger charge is -2.38. The quantitative estimate of drug-likeness (QED) is 0.677. The third-order valence-corrected chi connectivity index (χ3v) is 7.43. The molecular weight excluding hydrogens is 414 g/mol. The number of nitrogens with one attached hydrogen (secondary N) is 1. The Bertz CT molecular complexity index is 983. The number of benzene rings is 1. The Balaban J connectivity index is 1.27. The molecule has 1 aliphatic heterocycles. The van der Waals surface area contributed by atoms with Crippen LogP contribution in [0.3, 0.4) is 0 Å². The summed E-state index contributed by atoms with van der Waals surface area (Å²) in [5.74, 6) is 2.01. The van der Waals surface area contributed by atoms with Gasteiger partial charge in [-0.3, -0.25) is 4.79 Å². The molecule has 2 aromatic rings. The fourth-order valence-electron chi connectivity index (χ4n) is 5.21. The SMILES string of the molecule is Cc1ccc([C@@H](CNCC2CC2)C(=O)N2CCN(c3ncnc4c3[C@H](C)C[C@H]4O)CC2)cc1. The number of anilines is 1. The van der Waals surface area contributed by atoms with Gasteiger partial charge in [0.1, 0.15) is 12.1 Å². The number of piperazine rings is 1. The van der Waals surface area contributed by atoms with E-state index in [4.69, 9.17) is 0 Å². The molecule has 3 atom stereocenters. The molecule has 0 spiro atoms. The summed E-state index contributed by atoms with van der Waals surface area (Å²) in [6.07, 6.45) is 4.37. The van der Waals surface area contributed by atoms with Crippen LogP contribution in [0, 0.1) is 12.8 Å². The van der Waals surface area contributed by atoms with Crippen LogP contribution in [0.15, 0.2) is 30.6 Å².